The lowest BCUT2D eigenvalue weighted by Gasteiger charge is -2.07. The Morgan fingerprint density at radius 1 is 1.10 bits per heavy atom. The Hall–Kier alpha value is -1.88. The van der Waals surface area contributed by atoms with Gasteiger partial charge in [0.25, 0.3) is 0 Å². The highest BCUT2D eigenvalue weighted by Crippen LogP contribution is 2.18. The normalized spacial score (nSPS) is 9.20. The summed E-state index contributed by atoms with van der Waals surface area (Å²) in [4.78, 5) is 22.2. The highest BCUT2D eigenvalue weighted by Gasteiger charge is 2.13. The van der Waals surface area contributed by atoms with E-state index in [1.165, 1.54) is 6.92 Å². The van der Waals surface area contributed by atoms with Crippen molar-refractivity contribution in [2.24, 2.45) is 0 Å². The quantitative estimate of drug-likeness (QED) is 0.663. The lowest BCUT2D eigenvalue weighted by atomic mass is 10.2. The molecule has 0 amide bonds. The lowest BCUT2D eigenvalue weighted by Crippen LogP contribution is -2.10. The standard InChI is InChI=1S/C11H12O4.C4H11N/c1-3-14-11(13)9-6-4-5-7-10(9)15-8(2)12;1-3-5-4-2/h4-7H,3H2,1-2H3;5H,3-4H2,1-2H3. The summed E-state index contributed by atoms with van der Waals surface area (Å²) in [7, 11) is 0. The molecule has 5 nitrogen and oxygen atoms in total. The van der Waals surface area contributed by atoms with Gasteiger partial charge in [0.15, 0.2) is 0 Å². The molecule has 0 aliphatic heterocycles. The van der Waals surface area contributed by atoms with Gasteiger partial charge in [0.2, 0.25) is 0 Å². The Morgan fingerprint density at radius 3 is 2.15 bits per heavy atom. The maximum Gasteiger partial charge on any atom is 0.341 e. The van der Waals surface area contributed by atoms with Gasteiger partial charge in [-0.1, -0.05) is 26.0 Å². The van der Waals surface area contributed by atoms with Gasteiger partial charge in [-0.3, -0.25) is 4.79 Å². The molecular weight excluding hydrogens is 258 g/mol. The number of benzene rings is 1. The molecule has 0 atom stereocenters. The molecule has 0 aliphatic rings. The van der Waals surface area contributed by atoms with Crippen molar-refractivity contribution in [3.8, 4) is 5.75 Å². The molecule has 0 fully saturated rings. The summed E-state index contributed by atoms with van der Waals surface area (Å²) in [5.41, 5.74) is 0.259. The van der Waals surface area contributed by atoms with Gasteiger partial charge >= 0.3 is 11.9 Å². The topological polar surface area (TPSA) is 64.6 Å². The van der Waals surface area contributed by atoms with Crippen LogP contribution >= 0.6 is 0 Å². The zero-order valence-electron chi connectivity index (χ0n) is 12.6. The Labute approximate surface area is 120 Å². The highest BCUT2D eigenvalue weighted by atomic mass is 16.5. The number of ether oxygens (including phenoxy) is 2. The van der Waals surface area contributed by atoms with E-state index in [9.17, 15) is 9.59 Å². The van der Waals surface area contributed by atoms with Crippen molar-refractivity contribution in [3.63, 3.8) is 0 Å². The van der Waals surface area contributed by atoms with E-state index in [-0.39, 0.29) is 17.9 Å². The monoisotopic (exact) mass is 281 g/mol. The molecule has 112 valence electrons. The summed E-state index contributed by atoms with van der Waals surface area (Å²) in [5.74, 6) is -0.732. The molecule has 0 saturated carbocycles. The summed E-state index contributed by atoms with van der Waals surface area (Å²) in [6.07, 6.45) is 0. The fourth-order valence-corrected chi connectivity index (χ4v) is 1.34. The fraction of sp³-hybridized carbons (Fsp3) is 0.467. The highest BCUT2D eigenvalue weighted by molar-refractivity contribution is 5.93. The summed E-state index contributed by atoms with van der Waals surface area (Å²) in [5, 5.41) is 3.11. The minimum atomic E-state index is -0.491. The molecule has 5 heteroatoms. The minimum Gasteiger partial charge on any atom is -0.462 e. The molecule has 0 saturated heterocycles. The second kappa shape index (κ2) is 11.0. The number of carbonyl (C=O) groups is 2. The summed E-state index contributed by atoms with van der Waals surface area (Å²) in [6.45, 7) is 9.67. The average molecular weight is 281 g/mol. The number of nitrogens with one attached hydrogen (secondary N) is 1. The van der Waals surface area contributed by atoms with Crippen LogP contribution in [0.15, 0.2) is 24.3 Å². The first-order valence-electron chi connectivity index (χ1n) is 6.72. The van der Waals surface area contributed by atoms with E-state index >= 15 is 0 Å². The Balaban J connectivity index is 0.000000621. The van der Waals surface area contributed by atoms with Gasteiger partial charge in [-0.25, -0.2) is 4.79 Å². The van der Waals surface area contributed by atoms with E-state index in [0.29, 0.717) is 0 Å². The summed E-state index contributed by atoms with van der Waals surface area (Å²) < 4.78 is 9.69. The number of hydrogen-bond donors (Lipinski definition) is 1. The molecule has 1 rings (SSSR count). The second-order valence-electron chi connectivity index (χ2n) is 3.77. The largest absolute Gasteiger partial charge is 0.462 e. The first-order chi connectivity index (χ1) is 9.56. The van der Waals surface area contributed by atoms with Crippen molar-refractivity contribution in [3.05, 3.63) is 29.8 Å². The van der Waals surface area contributed by atoms with Crippen LogP contribution in [0, 0.1) is 0 Å². The van der Waals surface area contributed by atoms with E-state index in [2.05, 4.69) is 19.2 Å². The Morgan fingerprint density at radius 2 is 1.70 bits per heavy atom. The molecule has 0 spiro atoms. The molecule has 0 heterocycles. The summed E-state index contributed by atoms with van der Waals surface area (Å²) in [6, 6.07) is 6.46. The van der Waals surface area contributed by atoms with Crippen LogP contribution in [-0.2, 0) is 9.53 Å². The Bertz CT molecular complexity index is 416. The zero-order valence-corrected chi connectivity index (χ0v) is 12.6. The van der Waals surface area contributed by atoms with E-state index in [1.807, 2.05) is 0 Å². The zero-order chi connectivity index (χ0) is 15.4. The molecule has 20 heavy (non-hydrogen) atoms. The van der Waals surface area contributed by atoms with Gasteiger partial charge in [-0.05, 0) is 32.1 Å². The van der Waals surface area contributed by atoms with Crippen LogP contribution in [0.2, 0.25) is 0 Å². The first-order valence-corrected chi connectivity index (χ1v) is 6.72. The molecule has 1 N–H and O–H groups in total. The van der Waals surface area contributed by atoms with Crippen LogP contribution in [0.25, 0.3) is 0 Å². The average Bonchev–Trinajstić information content (AvgIpc) is 2.40. The number of para-hydroxylation sites is 1. The molecular formula is C15H23NO4. The van der Waals surface area contributed by atoms with Crippen molar-refractivity contribution in [1.29, 1.82) is 0 Å². The van der Waals surface area contributed by atoms with Crippen molar-refractivity contribution < 1.29 is 19.1 Å². The lowest BCUT2D eigenvalue weighted by molar-refractivity contribution is -0.131. The molecule has 0 aliphatic carbocycles. The van der Waals surface area contributed by atoms with Crippen LogP contribution in [-0.4, -0.2) is 31.6 Å². The molecule has 0 unspecified atom stereocenters. The molecule has 0 aromatic heterocycles. The van der Waals surface area contributed by atoms with Crippen molar-refractivity contribution in [1.82, 2.24) is 5.32 Å². The number of esters is 2. The van der Waals surface area contributed by atoms with Gasteiger partial charge in [-0.15, -0.1) is 0 Å². The fourth-order valence-electron chi connectivity index (χ4n) is 1.34. The Kier molecular flexibility index (Phi) is 9.96. The van der Waals surface area contributed by atoms with Crippen molar-refractivity contribution >= 4 is 11.9 Å². The second-order valence-corrected chi connectivity index (χ2v) is 3.77. The van der Waals surface area contributed by atoms with Gasteiger partial charge < -0.3 is 14.8 Å². The predicted molar refractivity (Wildman–Crippen MR) is 77.9 cm³/mol. The minimum absolute atomic E-state index is 0.225. The van der Waals surface area contributed by atoms with Crippen LogP contribution in [0.4, 0.5) is 0 Å². The maximum atomic E-state index is 11.4. The third kappa shape index (κ3) is 7.53. The number of rotatable bonds is 5. The smallest absolute Gasteiger partial charge is 0.341 e. The van der Waals surface area contributed by atoms with E-state index in [0.717, 1.165) is 13.1 Å². The van der Waals surface area contributed by atoms with Crippen LogP contribution in [0.5, 0.6) is 5.75 Å². The summed E-state index contributed by atoms with van der Waals surface area (Å²) >= 11 is 0. The maximum absolute atomic E-state index is 11.4. The van der Waals surface area contributed by atoms with E-state index in [1.54, 1.807) is 31.2 Å². The third-order valence-corrected chi connectivity index (χ3v) is 2.14. The van der Waals surface area contributed by atoms with Crippen LogP contribution in [0.1, 0.15) is 38.1 Å². The third-order valence-electron chi connectivity index (χ3n) is 2.14. The molecule has 0 radical (unpaired) electrons. The van der Waals surface area contributed by atoms with Crippen LogP contribution in [0.3, 0.4) is 0 Å². The van der Waals surface area contributed by atoms with Crippen LogP contribution < -0.4 is 10.1 Å². The van der Waals surface area contributed by atoms with Crippen molar-refractivity contribution in [2.45, 2.75) is 27.7 Å². The number of hydrogen-bond acceptors (Lipinski definition) is 5. The van der Waals surface area contributed by atoms with Gasteiger partial charge in [0, 0.05) is 6.92 Å². The predicted octanol–water partition coefficient (Wildman–Crippen LogP) is 2.40. The SMILES string of the molecule is CCNCC.CCOC(=O)c1ccccc1OC(C)=O. The van der Waals surface area contributed by atoms with Gasteiger partial charge in [-0.2, -0.15) is 0 Å². The molecule has 1 aromatic carbocycles. The number of carbonyl (C=O) groups excluding carboxylic acids is 2. The van der Waals surface area contributed by atoms with E-state index in [4.69, 9.17) is 9.47 Å². The van der Waals surface area contributed by atoms with Gasteiger partial charge in [0.1, 0.15) is 11.3 Å². The van der Waals surface area contributed by atoms with Crippen molar-refractivity contribution in [2.75, 3.05) is 19.7 Å². The molecule has 0 bridgehead atoms. The molecule has 1 aromatic rings. The first kappa shape index (κ1) is 18.1. The van der Waals surface area contributed by atoms with E-state index < -0.39 is 11.9 Å². The van der Waals surface area contributed by atoms with Gasteiger partial charge in [0.05, 0.1) is 6.61 Å².